The minimum absolute atomic E-state index is 0.225. The lowest BCUT2D eigenvalue weighted by molar-refractivity contribution is 0.0320. The molecule has 1 aromatic carbocycles. The van der Waals surface area contributed by atoms with Gasteiger partial charge in [0.1, 0.15) is 6.61 Å². The average Bonchev–Trinajstić information content (AvgIpc) is 2.28. The van der Waals surface area contributed by atoms with Gasteiger partial charge in [0, 0.05) is 18.0 Å². The predicted octanol–water partition coefficient (Wildman–Crippen LogP) is 1.43. The molecule has 0 atom stereocenters. The maximum atomic E-state index is 11.6. The summed E-state index contributed by atoms with van der Waals surface area (Å²) in [5.74, 6) is -0.456. The van der Waals surface area contributed by atoms with Gasteiger partial charge in [-0.15, -0.1) is 0 Å². The molecule has 1 rings (SSSR count). The van der Waals surface area contributed by atoms with E-state index in [1.165, 1.54) is 6.07 Å². The van der Waals surface area contributed by atoms with E-state index in [-0.39, 0.29) is 6.61 Å². The lowest BCUT2D eigenvalue weighted by Gasteiger charge is -2.07. The van der Waals surface area contributed by atoms with Gasteiger partial charge >= 0.3 is 5.97 Å². The van der Waals surface area contributed by atoms with Crippen molar-refractivity contribution in [2.45, 2.75) is 13.3 Å². The number of ether oxygens (including phenoxy) is 2. The number of rotatable bonds is 6. The van der Waals surface area contributed by atoms with Crippen LogP contribution in [0.25, 0.3) is 0 Å². The van der Waals surface area contributed by atoms with Gasteiger partial charge in [-0.05, 0) is 24.6 Å². The van der Waals surface area contributed by atoms with Gasteiger partial charge in [0.25, 0.3) is 0 Å². The summed E-state index contributed by atoms with van der Waals surface area (Å²) in [5.41, 5.74) is 12.4. The van der Waals surface area contributed by atoms with Crippen molar-refractivity contribution in [2.24, 2.45) is 0 Å². The molecule has 0 radical (unpaired) electrons. The number of nitrogens with two attached hydrogens (primary N) is 2. The molecule has 0 aliphatic rings. The molecule has 1 aromatic rings. The van der Waals surface area contributed by atoms with E-state index in [0.29, 0.717) is 30.2 Å². The molecule has 94 valence electrons. The van der Waals surface area contributed by atoms with Crippen molar-refractivity contribution in [3.05, 3.63) is 23.8 Å². The van der Waals surface area contributed by atoms with Crippen LogP contribution in [0.5, 0.6) is 0 Å². The zero-order valence-electron chi connectivity index (χ0n) is 9.94. The van der Waals surface area contributed by atoms with E-state index in [9.17, 15) is 4.79 Å². The third-order valence-corrected chi connectivity index (χ3v) is 2.10. The number of nitrogen functional groups attached to an aromatic ring is 2. The first kappa shape index (κ1) is 13.3. The van der Waals surface area contributed by atoms with Crippen LogP contribution in [0.3, 0.4) is 0 Å². The van der Waals surface area contributed by atoms with Crippen molar-refractivity contribution in [3.8, 4) is 0 Å². The smallest absolute Gasteiger partial charge is 0.340 e. The minimum Gasteiger partial charge on any atom is -0.460 e. The standard InChI is InChI=1S/C12H18N2O3/c1-2-5-16-6-7-17-12(15)10-4-3-9(13)8-11(10)14/h3-4,8H,2,5-7,13-14H2,1H3. The molecular weight excluding hydrogens is 220 g/mol. The van der Waals surface area contributed by atoms with E-state index in [4.69, 9.17) is 20.9 Å². The molecule has 0 aromatic heterocycles. The maximum absolute atomic E-state index is 11.6. The fraction of sp³-hybridized carbons (Fsp3) is 0.417. The number of hydrogen-bond donors (Lipinski definition) is 2. The zero-order valence-corrected chi connectivity index (χ0v) is 9.94. The van der Waals surface area contributed by atoms with Crippen LogP contribution >= 0.6 is 0 Å². The van der Waals surface area contributed by atoms with Gasteiger partial charge in [0.15, 0.2) is 0 Å². The van der Waals surface area contributed by atoms with Crippen molar-refractivity contribution in [2.75, 3.05) is 31.3 Å². The Morgan fingerprint density at radius 3 is 2.65 bits per heavy atom. The van der Waals surface area contributed by atoms with Gasteiger partial charge in [-0.25, -0.2) is 4.79 Å². The number of anilines is 2. The molecule has 0 bridgehead atoms. The highest BCUT2D eigenvalue weighted by molar-refractivity contribution is 5.95. The molecule has 0 saturated heterocycles. The summed E-state index contributed by atoms with van der Waals surface area (Å²) in [6.07, 6.45) is 0.943. The summed E-state index contributed by atoms with van der Waals surface area (Å²) in [6.45, 7) is 3.31. The number of benzene rings is 1. The van der Waals surface area contributed by atoms with Crippen LogP contribution in [-0.2, 0) is 9.47 Å². The van der Waals surface area contributed by atoms with Crippen molar-refractivity contribution in [1.29, 1.82) is 0 Å². The van der Waals surface area contributed by atoms with E-state index >= 15 is 0 Å². The molecule has 0 fully saturated rings. The summed E-state index contributed by atoms with van der Waals surface area (Å²) in [5, 5.41) is 0. The third-order valence-electron chi connectivity index (χ3n) is 2.10. The maximum Gasteiger partial charge on any atom is 0.340 e. The van der Waals surface area contributed by atoms with Gasteiger partial charge in [-0.3, -0.25) is 0 Å². The molecule has 5 nitrogen and oxygen atoms in total. The molecule has 0 heterocycles. The van der Waals surface area contributed by atoms with Gasteiger partial charge in [-0.1, -0.05) is 6.92 Å². The molecule has 0 aliphatic heterocycles. The summed E-state index contributed by atoms with van der Waals surface area (Å²) in [6, 6.07) is 4.70. The van der Waals surface area contributed by atoms with Crippen LogP contribution in [0.4, 0.5) is 11.4 Å². The lowest BCUT2D eigenvalue weighted by Crippen LogP contribution is -2.13. The van der Waals surface area contributed by atoms with Crippen molar-refractivity contribution in [3.63, 3.8) is 0 Å². The van der Waals surface area contributed by atoms with Crippen molar-refractivity contribution in [1.82, 2.24) is 0 Å². The van der Waals surface area contributed by atoms with Crippen LogP contribution in [0.1, 0.15) is 23.7 Å². The third kappa shape index (κ3) is 4.32. The average molecular weight is 238 g/mol. The summed E-state index contributed by atoms with van der Waals surface area (Å²) < 4.78 is 10.2. The van der Waals surface area contributed by atoms with Crippen LogP contribution in [0.15, 0.2) is 18.2 Å². The van der Waals surface area contributed by atoms with Crippen molar-refractivity contribution < 1.29 is 14.3 Å². The Labute approximate surface area is 101 Å². The van der Waals surface area contributed by atoms with Crippen LogP contribution in [-0.4, -0.2) is 25.8 Å². The van der Waals surface area contributed by atoms with Gasteiger partial charge in [0.05, 0.1) is 12.2 Å². The van der Waals surface area contributed by atoms with Gasteiger partial charge in [0.2, 0.25) is 0 Å². The Morgan fingerprint density at radius 1 is 1.24 bits per heavy atom. The normalized spacial score (nSPS) is 10.2. The summed E-state index contributed by atoms with van der Waals surface area (Å²) >= 11 is 0. The highest BCUT2D eigenvalue weighted by Crippen LogP contribution is 2.16. The topological polar surface area (TPSA) is 87.6 Å². The lowest BCUT2D eigenvalue weighted by atomic mass is 10.1. The SMILES string of the molecule is CCCOCCOC(=O)c1ccc(N)cc1N. The minimum atomic E-state index is -0.456. The zero-order chi connectivity index (χ0) is 12.7. The molecule has 0 amide bonds. The molecule has 5 heteroatoms. The first-order valence-corrected chi connectivity index (χ1v) is 5.55. The van der Waals surface area contributed by atoms with E-state index in [1.807, 2.05) is 6.92 Å². The largest absolute Gasteiger partial charge is 0.460 e. The first-order valence-electron chi connectivity index (χ1n) is 5.55. The van der Waals surface area contributed by atoms with Gasteiger partial charge < -0.3 is 20.9 Å². The quantitative estimate of drug-likeness (QED) is 0.444. The number of hydrogen-bond acceptors (Lipinski definition) is 5. The van der Waals surface area contributed by atoms with Gasteiger partial charge in [-0.2, -0.15) is 0 Å². The Hall–Kier alpha value is -1.75. The number of carbonyl (C=O) groups excluding carboxylic acids is 1. The highest BCUT2D eigenvalue weighted by Gasteiger charge is 2.10. The Morgan fingerprint density at radius 2 is 2.00 bits per heavy atom. The monoisotopic (exact) mass is 238 g/mol. The second-order valence-corrected chi connectivity index (χ2v) is 3.59. The van der Waals surface area contributed by atoms with E-state index in [0.717, 1.165) is 6.42 Å². The molecule has 0 aliphatic carbocycles. The van der Waals surface area contributed by atoms with E-state index in [1.54, 1.807) is 12.1 Å². The van der Waals surface area contributed by atoms with E-state index < -0.39 is 5.97 Å². The number of carbonyl (C=O) groups is 1. The summed E-state index contributed by atoms with van der Waals surface area (Å²) in [7, 11) is 0. The molecule has 4 N–H and O–H groups in total. The summed E-state index contributed by atoms with van der Waals surface area (Å²) in [4.78, 5) is 11.6. The second-order valence-electron chi connectivity index (χ2n) is 3.59. The van der Waals surface area contributed by atoms with Crippen LogP contribution in [0.2, 0.25) is 0 Å². The van der Waals surface area contributed by atoms with Crippen LogP contribution in [0, 0.1) is 0 Å². The Bertz CT molecular complexity index is 380. The van der Waals surface area contributed by atoms with Crippen LogP contribution < -0.4 is 11.5 Å². The first-order chi connectivity index (χ1) is 8.15. The molecular formula is C12H18N2O3. The van der Waals surface area contributed by atoms with E-state index in [2.05, 4.69) is 0 Å². The molecule has 0 saturated carbocycles. The Balaban J connectivity index is 2.42. The molecule has 17 heavy (non-hydrogen) atoms. The molecule has 0 spiro atoms. The fourth-order valence-corrected chi connectivity index (χ4v) is 1.28. The highest BCUT2D eigenvalue weighted by atomic mass is 16.6. The Kier molecular flexibility index (Phi) is 5.29. The number of esters is 1. The predicted molar refractivity (Wildman–Crippen MR) is 66.7 cm³/mol. The fourth-order valence-electron chi connectivity index (χ4n) is 1.28. The second kappa shape index (κ2) is 6.75. The van der Waals surface area contributed by atoms with Crippen molar-refractivity contribution >= 4 is 17.3 Å². The molecule has 0 unspecified atom stereocenters.